The largest absolute Gasteiger partial charge is 0.353 e. The zero-order valence-electron chi connectivity index (χ0n) is 16.1. The first-order chi connectivity index (χ1) is 13.5. The second kappa shape index (κ2) is 8.99. The summed E-state index contributed by atoms with van der Waals surface area (Å²) in [6, 6.07) is 6.25. The summed E-state index contributed by atoms with van der Waals surface area (Å²) in [6.07, 6.45) is 8.62. The smallest absolute Gasteiger partial charge is 0.269 e. The number of non-ortho nitro benzene ring substituents is 1. The predicted octanol–water partition coefficient (Wildman–Crippen LogP) is 3.20. The first-order valence-corrected chi connectivity index (χ1v) is 9.98. The highest BCUT2D eigenvalue weighted by Crippen LogP contribution is 2.37. The Hall–Kier alpha value is -2.70. The predicted molar refractivity (Wildman–Crippen MR) is 106 cm³/mol. The number of hydrogen-bond acceptors (Lipinski definition) is 4. The van der Waals surface area contributed by atoms with Gasteiger partial charge in [-0.3, -0.25) is 19.7 Å². The van der Waals surface area contributed by atoms with Crippen molar-refractivity contribution in [1.82, 2.24) is 10.6 Å². The van der Waals surface area contributed by atoms with Crippen molar-refractivity contribution in [2.75, 3.05) is 0 Å². The number of amides is 2. The number of nitrogens with zero attached hydrogens (tertiary/aromatic N) is 1. The Bertz CT molecular complexity index is 759. The fourth-order valence-corrected chi connectivity index (χ4v) is 4.53. The van der Waals surface area contributed by atoms with Crippen LogP contribution in [-0.2, 0) is 9.59 Å². The maximum atomic E-state index is 12.3. The van der Waals surface area contributed by atoms with Crippen LogP contribution in [0.5, 0.6) is 0 Å². The van der Waals surface area contributed by atoms with Crippen molar-refractivity contribution < 1.29 is 14.5 Å². The van der Waals surface area contributed by atoms with Crippen molar-refractivity contribution in [2.24, 2.45) is 11.8 Å². The fourth-order valence-electron chi connectivity index (χ4n) is 4.53. The molecule has 1 aromatic rings. The second-order valence-corrected chi connectivity index (χ2v) is 7.79. The summed E-state index contributed by atoms with van der Waals surface area (Å²) in [6.45, 7) is 2.16. The van der Waals surface area contributed by atoms with Gasteiger partial charge in [0.05, 0.1) is 4.92 Å². The molecule has 1 saturated carbocycles. The molecule has 1 aliphatic heterocycles. The molecule has 1 heterocycles. The lowest BCUT2D eigenvalue weighted by Gasteiger charge is -2.44. The van der Waals surface area contributed by atoms with E-state index in [1.54, 1.807) is 18.2 Å². The van der Waals surface area contributed by atoms with Crippen LogP contribution in [0.1, 0.15) is 51.0 Å². The molecule has 4 unspecified atom stereocenters. The van der Waals surface area contributed by atoms with E-state index >= 15 is 0 Å². The van der Waals surface area contributed by atoms with Gasteiger partial charge < -0.3 is 10.6 Å². The number of carbonyl (C=O) groups excluding carboxylic acids is 2. The third kappa shape index (κ3) is 4.97. The van der Waals surface area contributed by atoms with E-state index in [9.17, 15) is 19.7 Å². The van der Waals surface area contributed by atoms with E-state index in [-0.39, 0.29) is 29.6 Å². The number of benzene rings is 1. The minimum absolute atomic E-state index is 0.0225. The molecule has 0 radical (unpaired) electrons. The molecule has 3 rings (SSSR count). The molecule has 2 fully saturated rings. The Labute approximate surface area is 164 Å². The Morgan fingerprint density at radius 3 is 2.75 bits per heavy atom. The van der Waals surface area contributed by atoms with Gasteiger partial charge >= 0.3 is 0 Å². The van der Waals surface area contributed by atoms with Gasteiger partial charge in [-0.1, -0.05) is 13.3 Å². The van der Waals surface area contributed by atoms with Crippen molar-refractivity contribution in [2.45, 2.75) is 57.5 Å². The Morgan fingerprint density at radius 1 is 1.32 bits per heavy atom. The van der Waals surface area contributed by atoms with Gasteiger partial charge in [-0.25, -0.2) is 0 Å². The number of nitro benzene ring substituents is 1. The summed E-state index contributed by atoms with van der Waals surface area (Å²) >= 11 is 0. The molecule has 0 spiro atoms. The molecule has 1 aliphatic carbocycles. The molecule has 1 aromatic carbocycles. The molecule has 0 aromatic heterocycles. The van der Waals surface area contributed by atoms with Gasteiger partial charge in [0.1, 0.15) is 0 Å². The van der Waals surface area contributed by atoms with Crippen molar-refractivity contribution >= 4 is 23.6 Å². The van der Waals surface area contributed by atoms with Gasteiger partial charge in [0, 0.05) is 36.7 Å². The van der Waals surface area contributed by atoms with Gasteiger partial charge in [-0.2, -0.15) is 0 Å². The number of piperidine rings is 1. The van der Waals surface area contributed by atoms with E-state index in [1.165, 1.54) is 18.2 Å². The third-order valence-electron chi connectivity index (χ3n) is 5.84. The van der Waals surface area contributed by atoms with Gasteiger partial charge in [0.25, 0.3) is 5.69 Å². The molecule has 2 N–H and O–H groups in total. The van der Waals surface area contributed by atoms with Gasteiger partial charge in [0.2, 0.25) is 11.8 Å². The number of nitro groups is 1. The average Bonchev–Trinajstić information content (AvgIpc) is 2.66. The Kier molecular flexibility index (Phi) is 6.44. The van der Waals surface area contributed by atoms with Crippen molar-refractivity contribution in [1.29, 1.82) is 0 Å². The number of nitrogens with one attached hydrogen (secondary N) is 2. The van der Waals surface area contributed by atoms with Crippen LogP contribution in [0.3, 0.4) is 0 Å². The molecule has 4 atom stereocenters. The molecular formula is C21H27N3O4. The fraction of sp³-hybridized carbons (Fsp3) is 0.524. The molecule has 2 aliphatic rings. The first-order valence-electron chi connectivity index (χ1n) is 9.98. The van der Waals surface area contributed by atoms with Crippen molar-refractivity contribution in [3.63, 3.8) is 0 Å². The summed E-state index contributed by atoms with van der Waals surface area (Å²) in [7, 11) is 0. The molecule has 7 nitrogen and oxygen atoms in total. The second-order valence-electron chi connectivity index (χ2n) is 7.79. The van der Waals surface area contributed by atoms with Crippen molar-refractivity contribution in [3.8, 4) is 0 Å². The van der Waals surface area contributed by atoms with Gasteiger partial charge in [0.15, 0.2) is 0 Å². The molecular weight excluding hydrogens is 358 g/mol. The van der Waals surface area contributed by atoms with Crippen molar-refractivity contribution in [3.05, 3.63) is 46.0 Å². The molecule has 1 saturated heterocycles. The standard InChI is InChI=1S/C21H27N3O4/c1-2-3-15-12-21(26)23-19-13-16(7-10-18(15)19)22-20(25)11-6-14-4-8-17(9-5-14)24(27)28/h4-6,8-9,11,15-16,18-19H,2-3,7,10,12-13H2,1H3,(H,22,25)(H,23,26)/b11-6-. The van der Waals surface area contributed by atoms with E-state index in [0.29, 0.717) is 18.3 Å². The highest BCUT2D eigenvalue weighted by atomic mass is 16.6. The van der Waals surface area contributed by atoms with Gasteiger partial charge in [-0.15, -0.1) is 0 Å². The van der Waals surface area contributed by atoms with Crippen LogP contribution in [0.15, 0.2) is 30.3 Å². The molecule has 7 heteroatoms. The zero-order chi connectivity index (χ0) is 20.1. The SMILES string of the molecule is CCCC1CC(=O)NC2CC(NC(=O)/C=C\c3ccc([N+](=O)[O-])cc3)CCC12. The minimum Gasteiger partial charge on any atom is -0.353 e. The first kappa shape index (κ1) is 20.0. The number of hydrogen-bond donors (Lipinski definition) is 2. The highest BCUT2D eigenvalue weighted by Gasteiger charge is 2.40. The highest BCUT2D eigenvalue weighted by molar-refractivity contribution is 5.92. The van der Waals surface area contributed by atoms with Crippen LogP contribution in [0.4, 0.5) is 5.69 Å². The lowest BCUT2D eigenvalue weighted by molar-refractivity contribution is -0.384. The van der Waals surface area contributed by atoms with E-state index in [1.807, 2.05) is 0 Å². The summed E-state index contributed by atoms with van der Waals surface area (Å²) in [4.78, 5) is 34.5. The summed E-state index contributed by atoms with van der Waals surface area (Å²) in [5.41, 5.74) is 0.751. The Balaban J connectivity index is 1.53. The monoisotopic (exact) mass is 385 g/mol. The third-order valence-corrected chi connectivity index (χ3v) is 5.84. The number of carbonyl (C=O) groups is 2. The molecule has 150 valence electrons. The van der Waals surface area contributed by atoms with Gasteiger partial charge in [-0.05, 0) is 61.3 Å². The average molecular weight is 385 g/mol. The van der Waals surface area contributed by atoms with E-state index in [4.69, 9.17) is 0 Å². The maximum absolute atomic E-state index is 12.3. The minimum atomic E-state index is -0.453. The maximum Gasteiger partial charge on any atom is 0.269 e. The summed E-state index contributed by atoms with van der Waals surface area (Å²) in [5.74, 6) is 0.919. The lowest BCUT2D eigenvalue weighted by Crippen LogP contribution is -2.55. The number of rotatable bonds is 6. The number of fused-ring (bicyclic) bond motifs is 1. The summed E-state index contributed by atoms with van der Waals surface area (Å²) in [5, 5.41) is 16.8. The van der Waals surface area contributed by atoms with Crippen LogP contribution in [0.2, 0.25) is 0 Å². The van der Waals surface area contributed by atoms with E-state index in [2.05, 4.69) is 17.6 Å². The van der Waals surface area contributed by atoms with E-state index < -0.39 is 4.92 Å². The summed E-state index contributed by atoms with van der Waals surface area (Å²) < 4.78 is 0. The van der Waals surface area contributed by atoms with Crippen LogP contribution in [-0.4, -0.2) is 28.8 Å². The van der Waals surface area contributed by atoms with Crippen LogP contribution < -0.4 is 10.6 Å². The normalized spacial score (nSPS) is 27.1. The molecule has 0 bridgehead atoms. The molecule has 28 heavy (non-hydrogen) atoms. The topological polar surface area (TPSA) is 101 Å². The molecule has 2 amide bonds. The lowest BCUT2D eigenvalue weighted by atomic mass is 9.70. The quantitative estimate of drug-likeness (QED) is 0.446. The van der Waals surface area contributed by atoms with Crippen LogP contribution >= 0.6 is 0 Å². The van der Waals surface area contributed by atoms with E-state index in [0.717, 1.165) is 37.7 Å². The van der Waals surface area contributed by atoms with Crippen LogP contribution in [0.25, 0.3) is 6.08 Å². The van der Waals surface area contributed by atoms with Crippen LogP contribution in [0, 0.1) is 22.0 Å². The Morgan fingerprint density at radius 2 is 2.07 bits per heavy atom. The zero-order valence-corrected chi connectivity index (χ0v) is 16.1.